The number of aryl methyl sites for hydroxylation is 1. The van der Waals surface area contributed by atoms with Gasteiger partial charge < -0.3 is 9.74 Å². The summed E-state index contributed by atoms with van der Waals surface area (Å²) in [5, 5.41) is 8.49. The van der Waals surface area contributed by atoms with Crippen LogP contribution >= 0.6 is 0 Å². The molecule has 0 amide bonds. The molecule has 0 saturated carbocycles. The summed E-state index contributed by atoms with van der Waals surface area (Å²) >= 11 is 0. The fraction of sp³-hybridized carbons (Fsp3) is 0.609. The van der Waals surface area contributed by atoms with Gasteiger partial charge in [-0.05, 0) is 47.4 Å². The van der Waals surface area contributed by atoms with Gasteiger partial charge in [0.2, 0.25) is 0 Å². The first-order valence-electron chi connectivity index (χ1n) is 10.6. The van der Waals surface area contributed by atoms with Gasteiger partial charge in [-0.25, -0.2) is 0 Å². The molecule has 154 valence electrons. The number of hydrogen-bond acceptors (Lipinski definition) is 3. The Morgan fingerprint density at radius 1 is 1.25 bits per heavy atom. The molecule has 4 nitrogen and oxygen atoms in total. The molecule has 1 aromatic carbocycles. The molecule has 2 heterocycles. The van der Waals surface area contributed by atoms with E-state index in [-0.39, 0.29) is 16.0 Å². The minimum Gasteiger partial charge on any atom is -0.421 e. The Bertz CT molecular complexity index is 821. The highest BCUT2D eigenvalue weighted by Crippen LogP contribution is 2.44. The van der Waals surface area contributed by atoms with Crippen LogP contribution in [0.4, 0.5) is 0 Å². The first kappa shape index (κ1) is 21.3. The van der Waals surface area contributed by atoms with Gasteiger partial charge in [0, 0.05) is 24.8 Å². The molecule has 1 aliphatic heterocycles. The number of nitrogens with one attached hydrogen (secondary N) is 1. The first-order chi connectivity index (χ1) is 13.1. The minimum absolute atomic E-state index is 0.134. The van der Waals surface area contributed by atoms with Crippen molar-refractivity contribution in [3.8, 4) is 11.1 Å². The topological polar surface area (TPSA) is 39.1 Å². The lowest BCUT2D eigenvalue weighted by Gasteiger charge is -2.41. The van der Waals surface area contributed by atoms with E-state index in [1.54, 1.807) is 0 Å². The van der Waals surface area contributed by atoms with Crippen LogP contribution in [0, 0.1) is 5.41 Å². The van der Waals surface area contributed by atoms with E-state index in [9.17, 15) is 0 Å². The van der Waals surface area contributed by atoms with Crippen LogP contribution in [0.1, 0.15) is 59.6 Å². The minimum atomic E-state index is -0.661. The molecule has 1 unspecified atom stereocenters. The Morgan fingerprint density at radius 2 is 2.00 bits per heavy atom. The van der Waals surface area contributed by atoms with Crippen molar-refractivity contribution in [1.82, 2.24) is 15.1 Å². The maximum Gasteiger partial charge on any atom is 0.167 e. The normalized spacial score (nSPS) is 20.7. The van der Waals surface area contributed by atoms with E-state index in [1.165, 1.54) is 22.3 Å². The zero-order valence-electron chi connectivity index (χ0n) is 18.7. The predicted molar refractivity (Wildman–Crippen MR) is 120 cm³/mol. The highest BCUT2D eigenvalue weighted by Gasteiger charge is 2.37. The Hall–Kier alpha value is -1.43. The second kappa shape index (κ2) is 7.77. The highest BCUT2D eigenvalue weighted by molar-refractivity contribution is 6.32. The summed E-state index contributed by atoms with van der Waals surface area (Å²) in [5.74, 6) is 0. The average Bonchev–Trinajstić information content (AvgIpc) is 3.09. The number of hydrogen-bond donors (Lipinski definition) is 1. The lowest BCUT2D eigenvalue weighted by Crippen LogP contribution is -2.49. The van der Waals surface area contributed by atoms with Gasteiger partial charge in [-0.2, -0.15) is 5.10 Å². The number of aromatic nitrogens is 2. The van der Waals surface area contributed by atoms with E-state index in [0.717, 1.165) is 26.1 Å². The third-order valence-corrected chi connectivity index (χ3v) is 9.00. The van der Waals surface area contributed by atoms with Gasteiger partial charge in [-0.15, -0.1) is 0 Å². The summed E-state index contributed by atoms with van der Waals surface area (Å²) in [5.41, 5.74) is 5.49. The van der Waals surface area contributed by atoms with Crippen molar-refractivity contribution in [2.45, 2.75) is 72.0 Å². The van der Waals surface area contributed by atoms with Gasteiger partial charge in [0.1, 0.15) is 0 Å². The summed E-state index contributed by atoms with van der Waals surface area (Å²) in [6.07, 6.45) is 5.20. The van der Waals surface area contributed by atoms with E-state index < -0.39 is 9.76 Å². The van der Waals surface area contributed by atoms with Gasteiger partial charge in [0.25, 0.3) is 0 Å². The van der Waals surface area contributed by atoms with Gasteiger partial charge in [0.05, 0.1) is 18.3 Å². The molecule has 0 spiro atoms. The van der Waals surface area contributed by atoms with Crippen LogP contribution < -0.4 is 5.32 Å². The fourth-order valence-electron chi connectivity index (χ4n) is 3.73. The lowest BCUT2D eigenvalue weighted by molar-refractivity contribution is 0.174. The Kier molecular flexibility index (Phi) is 5.90. The van der Waals surface area contributed by atoms with Crippen molar-refractivity contribution < 1.29 is 4.43 Å². The summed E-state index contributed by atoms with van der Waals surface area (Å²) in [6, 6.07) is 6.69. The van der Waals surface area contributed by atoms with E-state index in [4.69, 9.17) is 4.43 Å². The van der Waals surface area contributed by atoms with Gasteiger partial charge in [0.15, 0.2) is 9.76 Å². The van der Waals surface area contributed by atoms with Crippen LogP contribution in [0.15, 0.2) is 30.6 Å². The maximum absolute atomic E-state index is 6.45. The summed E-state index contributed by atoms with van der Waals surface area (Å²) in [6.45, 7) is 18.7. The summed E-state index contributed by atoms with van der Waals surface area (Å²) < 4.78 is 8.45. The van der Waals surface area contributed by atoms with E-state index >= 15 is 0 Å². The number of benzene rings is 1. The molecule has 0 bridgehead atoms. The molecule has 1 atom stereocenters. The molecule has 5 heteroatoms. The molecule has 0 saturated heterocycles. The van der Waals surface area contributed by atoms with E-state index in [0.29, 0.717) is 0 Å². The monoisotopic (exact) mass is 399 g/mol. The third-order valence-electron chi connectivity index (χ3n) is 6.81. The summed E-state index contributed by atoms with van der Waals surface area (Å²) in [4.78, 5) is 0. The number of fused-ring (bicyclic) bond motifs is 1. The first-order valence-corrected chi connectivity index (χ1v) is 11.8. The van der Waals surface area contributed by atoms with Crippen LogP contribution in [0.5, 0.6) is 0 Å². The van der Waals surface area contributed by atoms with Crippen molar-refractivity contribution in [2.75, 3.05) is 13.2 Å². The second-order valence-electron chi connectivity index (χ2n) is 10.1. The fourth-order valence-corrected chi connectivity index (χ4v) is 5.19. The standard InChI is InChI=1S/C23H37N3OSi/c1-8-26-15-17(14-25-26)18-10-9-11-20-19(18)12-13-24-23(20,7)16-27-28-22(5,6)21(2,3)4/h9-11,14-15,24H,8,12-13,16,28H2,1-7H3. The van der Waals surface area contributed by atoms with Crippen LogP contribution in [-0.4, -0.2) is 32.7 Å². The van der Waals surface area contributed by atoms with Crippen molar-refractivity contribution >= 4 is 9.76 Å². The molecule has 0 fully saturated rings. The maximum atomic E-state index is 6.45. The molecule has 1 N–H and O–H groups in total. The molecular weight excluding hydrogens is 362 g/mol. The average molecular weight is 400 g/mol. The van der Waals surface area contributed by atoms with Crippen molar-refractivity contribution in [3.63, 3.8) is 0 Å². The van der Waals surface area contributed by atoms with E-state index in [1.807, 2.05) is 10.9 Å². The van der Waals surface area contributed by atoms with Crippen LogP contribution in [0.3, 0.4) is 0 Å². The molecule has 0 aliphatic carbocycles. The zero-order chi connectivity index (χ0) is 20.6. The molecule has 0 radical (unpaired) electrons. The zero-order valence-corrected chi connectivity index (χ0v) is 20.1. The Balaban J connectivity index is 1.84. The third kappa shape index (κ3) is 4.12. The quantitative estimate of drug-likeness (QED) is 0.737. The molecular formula is C23H37N3OSi. The number of rotatable bonds is 6. The molecule has 28 heavy (non-hydrogen) atoms. The van der Waals surface area contributed by atoms with E-state index in [2.05, 4.69) is 83.3 Å². The Labute approximate surface area is 173 Å². The van der Waals surface area contributed by atoms with Gasteiger partial charge in [-0.1, -0.05) is 52.8 Å². The predicted octanol–water partition coefficient (Wildman–Crippen LogP) is 4.28. The SMILES string of the molecule is CCn1cc(-c2cccc3c2CCNC3(C)CO[SiH2]C(C)(C)C(C)(C)C)cn1. The largest absolute Gasteiger partial charge is 0.421 e. The Morgan fingerprint density at radius 3 is 2.64 bits per heavy atom. The molecule has 2 aromatic rings. The van der Waals surface area contributed by atoms with Gasteiger partial charge in [-0.3, -0.25) is 4.68 Å². The second-order valence-corrected chi connectivity index (χ2v) is 12.5. The lowest BCUT2D eigenvalue weighted by atomic mass is 9.81. The van der Waals surface area contributed by atoms with Crippen molar-refractivity contribution in [2.24, 2.45) is 5.41 Å². The van der Waals surface area contributed by atoms with Crippen LogP contribution in [0.25, 0.3) is 11.1 Å². The van der Waals surface area contributed by atoms with Gasteiger partial charge >= 0.3 is 0 Å². The molecule has 3 rings (SSSR count). The number of nitrogens with zero attached hydrogens (tertiary/aromatic N) is 2. The summed E-state index contributed by atoms with van der Waals surface area (Å²) in [7, 11) is -0.661. The molecule has 1 aliphatic rings. The smallest absolute Gasteiger partial charge is 0.167 e. The highest BCUT2D eigenvalue weighted by atomic mass is 28.2. The van der Waals surface area contributed by atoms with Crippen LogP contribution in [0.2, 0.25) is 5.04 Å². The van der Waals surface area contributed by atoms with Crippen molar-refractivity contribution in [1.29, 1.82) is 0 Å². The van der Waals surface area contributed by atoms with Crippen molar-refractivity contribution in [3.05, 3.63) is 41.7 Å². The molecule has 1 aromatic heterocycles. The van der Waals surface area contributed by atoms with Crippen LogP contribution in [-0.2, 0) is 22.9 Å².